The minimum atomic E-state index is 0.185. The van der Waals surface area contributed by atoms with Crippen LogP contribution in [0.3, 0.4) is 0 Å². The Morgan fingerprint density at radius 2 is 1.71 bits per heavy atom. The molecule has 21 heavy (non-hydrogen) atoms. The molecule has 0 bridgehead atoms. The maximum Gasteiger partial charge on any atom is 0.120 e. The van der Waals surface area contributed by atoms with Crippen LogP contribution in [0.1, 0.15) is 43.0 Å². The van der Waals surface area contributed by atoms with Crippen LogP contribution in [0.15, 0.2) is 48.5 Å². The average Bonchev–Trinajstić information content (AvgIpc) is 2.48. The zero-order valence-electron chi connectivity index (χ0n) is 13.1. The zero-order chi connectivity index (χ0) is 15.2. The van der Waals surface area contributed by atoms with Gasteiger partial charge >= 0.3 is 0 Å². The van der Waals surface area contributed by atoms with Gasteiger partial charge in [-0.25, -0.2) is 0 Å². The Balaban J connectivity index is 2.05. The van der Waals surface area contributed by atoms with Gasteiger partial charge in [-0.15, -0.1) is 0 Å². The highest BCUT2D eigenvalue weighted by molar-refractivity contribution is 5.34. The molecule has 0 heterocycles. The molecule has 0 radical (unpaired) electrons. The van der Waals surface area contributed by atoms with Crippen LogP contribution in [-0.4, -0.2) is 11.1 Å². The number of phenolic OH excluding ortho intramolecular Hbond substituents is 1. The van der Waals surface area contributed by atoms with Gasteiger partial charge in [0.05, 0.1) is 0 Å². The molecule has 0 saturated heterocycles. The number of phenols is 1. The summed E-state index contributed by atoms with van der Waals surface area (Å²) in [5.41, 5.74) is 3.70. The van der Waals surface area contributed by atoms with Gasteiger partial charge < -0.3 is 10.4 Å². The first-order chi connectivity index (χ1) is 10.1. The van der Waals surface area contributed by atoms with Crippen LogP contribution >= 0.6 is 0 Å². The lowest BCUT2D eigenvalue weighted by atomic mass is 9.98. The minimum Gasteiger partial charge on any atom is -0.508 e. The number of aryl methyl sites for hydroxylation is 1. The summed E-state index contributed by atoms with van der Waals surface area (Å²) < 4.78 is 0. The highest BCUT2D eigenvalue weighted by atomic mass is 16.3. The fourth-order valence-electron chi connectivity index (χ4n) is 2.78. The highest BCUT2D eigenvalue weighted by Crippen LogP contribution is 2.26. The summed E-state index contributed by atoms with van der Waals surface area (Å²) in [7, 11) is 0. The van der Waals surface area contributed by atoms with Crippen LogP contribution in [-0.2, 0) is 6.42 Å². The molecule has 2 aromatic carbocycles. The molecular weight excluding hydrogens is 258 g/mol. The number of rotatable bonds is 6. The normalized spacial score (nSPS) is 13.9. The van der Waals surface area contributed by atoms with Gasteiger partial charge in [-0.2, -0.15) is 0 Å². The lowest BCUT2D eigenvalue weighted by Crippen LogP contribution is -2.32. The summed E-state index contributed by atoms with van der Waals surface area (Å²) in [4.78, 5) is 0. The third-order valence-corrected chi connectivity index (χ3v) is 3.99. The molecule has 0 aromatic heterocycles. The van der Waals surface area contributed by atoms with Crippen molar-refractivity contribution in [2.45, 2.75) is 45.7 Å². The van der Waals surface area contributed by atoms with Crippen LogP contribution in [0.2, 0.25) is 0 Å². The fourth-order valence-corrected chi connectivity index (χ4v) is 2.78. The van der Waals surface area contributed by atoms with Crippen LogP contribution in [0, 0.1) is 6.92 Å². The number of benzene rings is 2. The van der Waals surface area contributed by atoms with Crippen LogP contribution in [0.5, 0.6) is 5.75 Å². The van der Waals surface area contributed by atoms with E-state index in [0.29, 0.717) is 11.8 Å². The van der Waals surface area contributed by atoms with Crippen LogP contribution in [0.4, 0.5) is 0 Å². The Bertz CT molecular complexity index is 579. The SMILES string of the molecule is CCC(NC(C)Cc1ccccc1C)c1ccccc1O. The first-order valence-corrected chi connectivity index (χ1v) is 7.70. The summed E-state index contributed by atoms with van der Waals surface area (Å²) in [6.07, 6.45) is 1.95. The molecule has 2 nitrogen and oxygen atoms in total. The fraction of sp³-hybridized carbons (Fsp3) is 0.368. The van der Waals surface area contributed by atoms with Gasteiger partial charge in [0.25, 0.3) is 0 Å². The monoisotopic (exact) mass is 283 g/mol. The Morgan fingerprint density at radius 1 is 1.05 bits per heavy atom. The Labute approximate surface area is 127 Å². The van der Waals surface area contributed by atoms with Crippen molar-refractivity contribution in [3.63, 3.8) is 0 Å². The smallest absolute Gasteiger partial charge is 0.120 e. The number of hydrogen-bond donors (Lipinski definition) is 2. The van der Waals surface area contributed by atoms with Crippen molar-refractivity contribution >= 4 is 0 Å². The van der Waals surface area contributed by atoms with E-state index in [1.807, 2.05) is 18.2 Å². The van der Waals surface area contributed by atoms with E-state index in [1.54, 1.807) is 6.07 Å². The van der Waals surface area contributed by atoms with E-state index in [4.69, 9.17) is 0 Å². The second-order valence-corrected chi connectivity index (χ2v) is 5.72. The summed E-state index contributed by atoms with van der Waals surface area (Å²) in [5.74, 6) is 0.375. The summed E-state index contributed by atoms with van der Waals surface area (Å²) in [6, 6.07) is 16.7. The first-order valence-electron chi connectivity index (χ1n) is 7.70. The van der Waals surface area contributed by atoms with Gasteiger partial charge in [-0.05, 0) is 43.9 Å². The van der Waals surface area contributed by atoms with Gasteiger partial charge in [0.2, 0.25) is 0 Å². The third kappa shape index (κ3) is 4.08. The second kappa shape index (κ2) is 7.28. The molecule has 0 aliphatic carbocycles. The lowest BCUT2D eigenvalue weighted by Gasteiger charge is -2.24. The Kier molecular flexibility index (Phi) is 5.40. The van der Waals surface area contributed by atoms with Crippen molar-refractivity contribution in [2.75, 3.05) is 0 Å². The summed E-state index contributed by atoms with van der Waals surface area (Å²) >= 11 is 0. The molecule has 112 valence electrons. The van der Waals surface area contributed by atoms with Crippen molar-refractivity contribution in [1.29, 1.82) is 0 Å². The van der Waals surface area contributed by atoms with Crippen molar-refractivity contribution in [3.05, 3.63) is 65.2 Å². The van der Waals surface area contributed by atoms with Crippen LogP contribution in [0.25, 0.3) is 0 Å². The number of para-hydroxylation sites is 1. The standard InChI is InChI=1S/C19H25NO/c1-4-18(17-11-7-8-12-19(17)21)20-15(3)13-16-10-6-5-9-14(16)2/h5-12,15,18,20-21H,4,13H2,1-3H3. The minimum absolute atomic E-state index is 0.185. The van der Waals surface area contributed by atoms with Gasteiger partial charge in [0.1, 0.15) is 5.75 Å². The molecule has 2 aromatic rings. The van der Waals surface area contributed by atoms with Crippen molar-refractivity contribution in [3.8, 4) is 5.75 Å². The second-order valence-electron chi connectivity index (χ2n) is 5.72. The molecule has 2 unspecified atom stereocenters. The quantitative estimate of drug-likeness (QED) is 0.825. The van der Waals surface area contributed by atoms with Gasteiger partial charge in [-0.3, -0.25) is 0 Å². The lowest BCUT2D eigenvalue weighted by molar-refractivity contribution is 0.413. The number of nitrogens with one attached hydrogen (secondary N) is 1. The molecule has 0 amide bonds. The number of aromatic hydroxyl groups is 1. The summed E-state index contributed by atoms with van der Waals surface area (Å²) in [5, 5.41) is 13.7. The molecule has 0 spiro atoms. The van der Waals surface area contributed by atoms with E-state index in [2.05, 4.69) is 50.4 Å². The van der Waals surface area contributed by atoms with Gasteiger partial charge in [0, 0.05) is 17.6 Å². The molecule has 0 saturated carbocycles. The van der Waals surface area contributed by atoms with Crippen molar-refractivity contribution in [2.24, 2.45) is 0 Å². The largest absolute Gasteiger partial charge is 0.508 e. The molecule has 0 fully saturated rings. The highest BCUT2D eigenvalue weighted by Gasteiger charge is 2.16. The van der Waals surface area contributed by atoms with E-state index < -0.39 is 0 Å². The predicted molar refractivity (Wildman–Crippen MR) is 88.6 cm³/mol. The van der Waals surface area contributed by atoms with Crippen molar-refractivity contribution < 1.29 is 5.11 Å². The molecule has 0 aliphatic rings. The topological polar surface area (TPSA) is 32.3 Å². The van der Waals surface area contributed by atoms with E-state index in [0.717, 1.165) is 18.4 Å². The molecular formula is C19H25NO. The van der Waals surface area contributed by atoms with E-state index in [-0.39, 0.29) is 6.04 Å². The zero-order valence-corrected chi connectivity index (χ0v) is 13.1. The molecule has 0 aliphatic heterocycles. The maximum atomic E-state index is 10.0. The first kappa shape index (κ1) is 15.6. The van der Waals surface area contributed by atoms with Crippen molar-refractivity contribution in [1.82, 2.24) is 5.32 Å². The molecule has 2 rings (SSSR count). The Hall–Kier alpha value is -1.80. The van der Waals surface area contributed by atoms with E-state index >= 15 is 0 Å². The molecule has 2 heteroatoms. The Morgan fingerprint density at radius 3 is 2.38 bits per heavy atom. The van der Waals surface area contributed by atoms with Crippen LogP contribution < -0.4 is 5.32 Å². The van der Waals surface area contributed by atoms with E-state index in [9.17, 15) is 5.11 Å². The summed E-state index contributed by atoms with van der Waals surface area (Å²) in [6.45, 7) is 6.50. The maximum absolute atomic E-state index is 10.0. The van der Waals surface area contributed by atoms with Gasteiger partial charge in [-0.1, -0.05) is 49.4 Å². The van der Waals surface area contributed by atoms with Gasteiger partial charge in [0.15, 0.2) is 0 Å². The predicted octanol–water partition coefficient (Wildman–Crippen LogP) is 4.37. The average molecular weight is 283 g/mol. The van der Waals surface area contributed by atoms with E-state index in [1.165, 1.54) is 11.1 Å². The molecule has 2 atom stereocenters. The number of hydrogen-bond acceptors (Lipinski definition) is 2. The third-order valence-electron chi connectivity index (χ3n) is 3.99. The molecule has 2 N–H and O–H groups in total.